The molecule has 1 aliphatic carbocycles. The highest BCUT2D eigenvalue weighted by molar-refractivity contribution is 5.37. The van der Waals surface area contributed by atoms with Crippen LogP contribution in [0.15, 0.2) is 24.3 Å². The fraction of sp³-hybridized carbons (Fsp3) is 0.538. The lowest BCUT2D eigenvalue weighted by Gasteiger charge is -2.19. The Morgan fingerprint density at radius 3 is 2.79 bits per heavy atom. The van der Waals surface area contributed by atoms with Crippen molar-refractivity contribution in [3.05, 3.63) is 35.4 Å². The van der Waals surface area contributed by atoms with E-state index < -0.39 is 0 Å². The van der Waals surface area contributed by atoms with Crippen molar-refractivity contribution < 1.29 is 0 Å². The highest BCUT2D eigenvalue weighted by atomic mass is 14.9. The number of rotatable bonds is 3. The van der Waals surface area contributed by atoms with Crippen molar-refractivity contribution in [1.82, 2.24) is 5.32 Å². The molecule has 0 heterocycles. The van der Waals surface area contributed by atoms with Crippen LogP contribution in [0.5, 0.6) is 0 Å². The molecule has 0 saturated carbocycles. The van der Waals surface area contributed by atoms with Crippen LogP contribution in [0.2, 0.25) is 0 Å². The van der Waals surface area contributed by atoms with E-state index in [2.05, 4.69) is 43.4 Å². The number of hydrogen-bond acceptors (Lipinski definition) is 1. The zero-order chi connectivity index (χ0) is 9.97. The van der Waals surface area contributed by atoms with E-state index in [1.165, 1.54) is 12.8 Å². The molecule has 0 spiro atoms. The van der Waals surface area contributed by atoms with Crippen molar-refractivity contribution in [3.63, 3.8) is 0 Å². The Bertz CT molecular complexity index is 306. The van der Waals surface area contributed by atoms with Crippen molar-refractivity contribution in [1.29, 1.82) is 0 Å². The minimum absolute atomic E-state index is 0.669. The molecule has 2 rings (SSSR count). The van der Waals surface area contributed by atoms with Gasteiger partial charge in [-0.15, -0.1) is 0 Å². The van der Waals surface area contributed by atoms with Gasteiger partial charge < -0.3 is 5.32 Å². The summed E-state index contributed by atoms with van der Waals surface area (Å²) in [5.74, 6) is 0.728. The van der Waals surface area contributed by atoms with Crippen molar-refractivity contribution in [2.75, 3.05) is 6.54 Å². The maximum absolute atomic E-state index is 3.59. The molecule has 1 N–H and O–H groups in total. The number of nitrogens with one attached hydrogen (secondary N) is 1. The first-order chi connectivity index (χ1) is 6.86. The second-order valence-corrected chi connectivity index (χ2v) is 4.08. The van der Waals surface area contributed by atoms with Crippen LogP contribution in [0.4, 0.5) is 0 Å². The molecule has 14 heavy (non-hydrogen) atoms. The Hall–Kier alpha value is -0.820. The lowest BCUT2D eigenvalue weighted by Crippen LogP contribution is -2.32. The van der Waals surface area contributed by atoms with Gasteiger partial charge in [0.2, 0.25) is 0 Å². The molecule has 2 unspecified atom stereocenters. The molecule has 0 aliphatic heterocycles. The van der Waals surface area contributed by atoms with E-state index in [1.54, 1.807) is 11.1 Å². The highest BCUT2D eigenvalue weighted by Crippen LogP contribution is 2.35. The fourth-order valence-corrected chi connectivity index (χ4v) is 2.66. The molecule has 0 amide bonds. The van der Waals surface area contributed by atoms with Gasteiger partial charge in [-0.3, -0.25) is 0 Å². The first-order valence-corrected chi connectivity index (χ1v) is 5.68. The molecule has 1 heteroatoms. The van der Waals surface area contributed by atoms with Gasteiger partial charge in [-0.05, 0) is 36.4 Å². The van der Waals surface area contributed by atoms with E-state index in [0.29, 0.717) is 6.04 Å². The fourth-order valence-electron chi connectivity index (χ4n) is 2.66. The van der Waals surface area contributed by atoms with Gasteiger partial charge in [-0.2, -0.15) is 0 Å². The summed E-state index contributed by atoms with van der Waals surface area (Å²) in [5.41, 5.74) is 3.12. The Morgan fingerprint density at radius 2 is 2.07 bits per heavy atom. The van der Waals surface area contributed by atoms with Crippen LogP contribution in [-0.2, 0) is 6.42 Å². The molecule has 0 saturated heterocycles. The smallest absolute Gasteiger partial charge is 0.0176 e. The summed E-state index contributed by atoms with van der Waals surface area (Å²) < 4.78 is 0. The molecule has 1 aromatic rings. The van der Waals surface area contributed by atoms with Crippen LogP contribution in [0.1, 0.15) is 37.3 Å². The SMILES string of the molecule is CCNC1Cc2ccccc2C1CC. The molecule has 1 aliphatic rings. The van der Waals surface area contributed by atoms with Gasteiger partial charge >= 0.3 is 0 Å². The second kappa shape index (κ2) is 4.14. The summed E-state index contributed by atoms with van der Waals surface area (Å²) >= 11 is 0. The van der Waals surface area contributed by atoms with Gasteiger partial charge in [0, 0.05) is 6.04 Å². The van der Waals surface area contributed by atoms with E-state index >= 15 is 0 Å². The van der Waals surface area contributed by atoms with E-state index in [4.69, 9.17) is 0 Å². The lowest BCUT2D eigenvalue weighted by atomic mass is 9.96. The summed E-state index contributed by atoms with van der Waals surface area (Å²) in [6.45, 7) is 5.56. The van der Waals surface area contributed by atoms with Gasteiger partial charge in [0.15, 0.2) is 0 Å². The maximum atomic E-state index is 3.59. The third kappa shape index (κ3) is 1.57. The Kier molecular flexibility index (Phi) is 2.87. The summed E-state index contributed by atoms with van der Waals surface area (Å²) in [7, 11) is 0. The summed E-state index contributed by atoms with van der Waals surface area (Å²) in [6, 6.07) is 9.55. The van der Waals surface area contributed by atoms with Crippen LogP contribution >= 0.6 is 0 Å². The van der Waals surface area contributed by atoms with Crippen molar-refractivity contribution in [3.8, 4) is 0 Å². The summed E-state index contributed by atoms with van der Waals surface area (Å²) in [4.78, 5) is 0. The van der Waals surface area contributed by atoms with E-state index in [0.717, 1.165) is 12.5 Å². The molecule has 76 valence electrons. The normalized spacial score (nSPS) is 25.0. The molecule has 1 nitrogen and oxygen atoms in total. The standard InChI is InChI=1S/C13H19N/c1-3-11-12-8-6-5-7-10(12)9-13(11)14-4-2/h5-8,11,13-14H,3-4,9H2,1-2H3. The quantitative estimate of drug-likeness (QED) is 0.771. The topological polar surface area (TPSA) is 12.0 Å². The molecule has 0 fully saturated rings. The van der Waals surface area contributed by atoms with Crippen molar-refractivity contribution in [2.24, 2.45) is 0 Å². The van der Waals surface area contributed by atoms with Crippen LogP contribution in [0.25, 0.3) is 0 Å². The summed E-state index contributed by atoms with van der Waals surface area (Å²) in [5, 5.41) is 3.59. The van der Waals surface area contributed by atoms with E-state index in [1.807, 2.05) is 0 Å². The first-order valence-electron chi connectivity index (χ1n) is 5.68. The maximum Gasteiger partial charge on any atom is 0.0176 e. The predicted molar refractivity (Wildman–Crippen MR) is 60.6 cm³/mol. The lowest BCUT2D eigenvalue weighted by molar-refractivity contribution is 0.460. The van der Waals surface area contributed by atoms with Gasteiger partial charge in [-0.25, -0.2) is 0 Å². The van der Waals surface area contributed by atoms with Crippen LogP contribution in [0, 0.1) is 0 Å². The number of fused-ring (bicyclic) bond motifs is 1. The predicted octanol–water partition coefficient (Wildman–Crippen LogP) is 2.71. The number of likely N-dealkylation sites (N-methyl/N-ethyl adjacent to an activating group) is 1. The molecule has 1 aromatic carbocycles. The monoisotopic (exact) mass is 189 g/mol. The number of benzene rings is 1. The molecular formula is C13H19N. The van der Waals surface area contributed by atoms with Gasteiger partial charge in [-0.1, -0.05) is 38.1 Å². The van der Waals surface area contributed by atoms with Crippen molar-refractivity contribution >= 4 is 0 Å². The zero-order valence-corrected chi connectivity index (χ0v) is 9.09. The number of hydrogen-bond donors (Lipinski definition) is 1. The molecule has 2 atom stereocenters. The van der Waals surface area contributed by atoms with Gasteiger partial charge in [0.25, 0.3) is 0 Å². The first kappa shape index (κ1) is 9.72. The van der Waals surface area contributed by atoms with Gasteiger partial charge in [0.1, 0.15) is 0 Å². The van der Waals surface area contributed by atoms with Crippen LogP contribution < -0.4 is 5.32 Å². The third-order valence-corrected chi connectivity index (χ3v) is 3.29. The Balaban J connectivity index is 2.24. The van der Waals surface area contributed by atoms with E-state index in [9.17, 15) is 0 Å². The van der Waals surface area contributed by atoms with E-state index in [-0.39, 0.29) is 0 Å². The summed E-state index contributed by atoms with van der Waals surface area (Å²) in [6.07, 6.45) is 2.46. The van der Waals surface area contributed by atoms with Crippen LogP contribution in [0.3, 0.4) is 0 Å². The average molecular weight is 189 g/mol. The molecule has 0 aromatic heterocycles. The molecule has 0 radical (unpaired) electrons. The largest absolute Gasteiger partial charge is 0.313 e. The van der Waals surface area contributed by atoms with Crippen LogP contribution in [-0.4, -0.2) is 12.6 Å². The minimum Gasteiger partial charge on any atom is -0.313 e. The Labute approximate surface area is 86.5 Å². The Morgan fingerprint density at radius 1 is 1.29 bits per heavy atom. The van der Waals surface area contributed by atoms with Gasteiger partial charge in [0.05, 0.1) is 0 Å². The zero-order valence-electron chi connectivity index (χ0n) is 9.09. The van der Waals surface area contributed by atoms with Crippen molar-refractivity contribution in [2.45, 2.75) is 38.6 Å². The highest BCUT2D eigenvalue weighted by Gasteiger charge is 2.29. The third-order valence-electron chi connectivity index (χ3n) is 3.29. The minimum atomic E-state index is 0.669. The molecular weight excluding hydrogens is 170 g/mol. The average Bonchev–Trinajstić information content (AvgIpc) is 2.55. The second-order valence-electron chi connectivity index (χ2n) is 4.08. The molecule has 0 bridgehead atoms.